The van der Waals surface area contributed by atoms with E-state index in [1.807, 2.05) is 17.1 Å². The van der Waals surface area contributed by atoms with Crippen molar-refractivity contribution >= 4 is 13.0 Å². The molecule has 0 aliphatic carbocycles. The molecule has 0 unspecified atom stereocenters. The highest BCUT2D eigenvalue weighted by molar-refractivity contribution is 7.64. The molecule has 30 heavy (non-hydrogen) atoms. The minimum atomic E-state index is -2.80. The Bertz CT molecular complexity index is 791. The van der Waals surface area contributed by atoms with E-state index >= 15 is 0 Å². The number of hydrogen-bond acceptors (Lipinski definition) is 2. The first-order valence-electron chi connectivity index (χ1n) is 11.3. The Morgan fingerprint density at radius 2 is 1.20 bits per heavy atom. The SMILES string of the molecule is CC(C)c1cc(C(C)C)c(N2[C]N(P(=O)(C(C)(C)C)C(C)(C)C)C=C2)c(C(C)C)c1. The van der Waals surface area contributed by atoms with Crippen molar-refractivity contribution < 1.29 is 4.57 Å². The average Bonchev–Trinajstić information content (AvgIpc) is 3.07. The molecule has 0 saturated carbocycles. The van der Waals surface area contributed by atoms with Gasteiger partial charge >= 0.3 is 0 Å². The molecular weight excluding hydrogens is 387 g/mol. The highest BCUT2D eigenvalue weighted by atomic mass is 31.2. The fourth-order valence-corrected chi connectivity index (χ4v) is 8.21. The molecule has 0 fully saturated rings. The van der Waals surface area contributed by atoms with E-state index in [0.29, 0.717) is 17.8 Å². The topological polar surface area (TPSA) is 23.6 Å². The van der Waals surface area contributed by atoms with Gasteiger partial charge in [-0.05, 0) is 34.4 Å². The van der Waals surface area contributed by atoms with Gasteiger partial charge in [0.15, 0.2) is 7.29 Å². The Balaban J connectivity index is 2.60. The van der Waals surface area contributed by atoms with Crippen LogP contribution in [0.3, 0.4) is 0 Å². The van der Waals surface area contributed by atoms with Crippen LogP contribution in [-0.2, 0) is 4.57 Å². The Morgan fingerprint density at radius 3 is 1.53 bits per heavy atom. The van der Waals surface area contributed by atoms with Crippen LogP contribution in [0.1, 0.15) is 118 Å². The van der Waals surface area contributed by atoms with Crippen LogP contribution in [0.25, 0.3) is 0 Å². The normalized spacial score (nSPS) is 16.0. The van der Waals surface area contributed by atoms with Crippen LogP contribution in [0.15, 0.2) is 24.5 Å². The smallest absolute Gasteiger partial charge is 0.218 e. The van der Waals surface area contributed by atoms with Crippen LogP contribution in [-0.4, -0.2) is 15.0 Å². The highest BCUT2D eigenvalue weighted by Gasteiger charge is 2.51. The number of benzene rings is 1. The van der Waals surface area contributed by atoms with Crippen LogP contribution in [0.5, 0.6) is 0 Å². The van der Waals surface area contributed by atoms with Gasteiger partial charge in [-0.15, -0.1) is 0 Å². The molecule has 2 radical (unpaired) electrons. The maximum Gasteiger partial charge on any atom is 0.218 e. The van der Waals surface area contributed by atoms with Crippen LogP contribution >= 0.6 is 7.29 Å². The zero-order chi connectivity index (χ0) is 23.2. The second-order valence-electron chi connectivity index (χ2n) is 11.5. The molecule has 2 rings (SSSR count). The van der Waals surface area contributed by atoms with Crippen molar-refractivity contribution in [1.29, 1.82) is 0 Å². The summed E-state index contributed by atoms with van der Waals surface area (Å²) in [6.45, 7) is 29.5. The summed E-state index contributed by atoms with van der Waals surface area (Å²) in [7, 11) is -2.80. The van der Waals surface area contributed by atoms with Crippen molar-refractivity contribution in [2.45, 2.75) is 111 Å². The molecule has 1 aliphatic heterocycles. The number of rotatable bonds is 5. The zero-order valence-corrected chi connectivity index (χ0v) is 22.2. The lowest BCUT2D eigenvalue weighted by Crippen LogP contribution is -2.37. The molecule has 1 aromatic rings. The molecule has 168 valence electrons. The standard InChI is InChI=1S/C26H43N2OP/c1-18(2)21-15-22(19(3)4)24(23(16-21)20(5)6)27-13-14-28(17-27)30(29,25(7,8)9)26(10,11)12/h13-16,18-20H,1-12H3. The molecular formula is C26H43N2OP. The van der Waals surface area contributed by atoms with E-state index in [4.69, 9.17) is 0 Å². The molecule has 0 spiro atoms. The molecule has 0 saturated heterocycles. The van der Waals surface area contributed by atoms with E-state index in [1.54, 1.807) is 0 Å². The lowest BCUT2D eigenvalue weighted by molar-refractivity contribution is 0.467. The summed E-state index contributed by atoms with van der Waals surface area (Å²) >= 11 is 0. The first kappa shape index (κ1) is 25.1. The van der Waals surface area contributed by atoms with Gasteiger partial charge in [-0.1, -0.05) is 95.2 Å². The summed E-state index contributed by atoms with van der Waals surface area (Å²) in [4.78, 5) is 2.08. The van der Waals surface area contributed by atoms with Gasteiger partial charge < -0.3 is 4.90 Å². The van der Waals surface area contributed by atoms with Crippen LogP contribution in [0.2, 0.25) is 0 Å². The summed E-state index contributed by atoms with van der Waals surface area (Å²) in [6, 6.07) is 4.70. The van der Waals surface area contributed by atoms with Crippen molar-refractivity contribution in [2.24, 2.45) is 0 Å². The summed E-state index contributed by atoms with van der Waals surface area (Å²) in [6.07, 6.45) is 3.99. The molecule has 1 heterocycles. The molecule has 0 atom stereocenters. The molecule has 0 aromatic heterocycles. The maximum absolute atomic E-state index is 14.4. The van der Waals surface area contributed by atoms with Crippen molar-refractivity contribution in [2.75, 3.05) is 4.90 Å². The molecule has 0 N–H and O–H groups in total. The lowest BCUT2D eigenvalue weighted by atomic mass is 9.87. The maximum atomic E-state index is 14.4. The second-order valence-corrected chi connectivity index (χ2v) is 15.8. The third-order valence-electron chi connectivity index (χ3n) is 6.03. The van der Waals surface area contributed by atoms with Crippen molar-refractivity contribution in [3.05, 3.63) is 47.9 Å². The first-order chi connectivity index (χ1) is 13.5. The molecule has 0 amide bonds. The minimum absolute atomic E-state index is 0.359. The molecule has 1 aromatic carbocycles. The number of nitrogens with zero attached hydrogens (tertiary/aromatic N) is 2. The summed E-state index contributed by atoms with van der Waals surface area (Å²) in [5.41, 5.74) is 5.22. The van der Waals surface area contributed by atoms with Gasteiger partial charge in [-0.3, -0.25) is 9.24 Å². The van der Waals surface area contributed by atoms with E-state index in [9.17, 15) is 4.57 Å². The molecule has 3 nitrogen and oxygen atoms in total. The second kappa shape index (κ2) is 8.38. The van der Waals surface area contributed by atoms with Gasteiger partial charge in [0.1, 0.15) is 0 Å². The summed E-state index contributed by atoms with van der Waals surface area (Å²) in [5.74, 6) is 1.25. The monoisotopic (exact) mass is 430 g/mol. The van der Waals surface area contributed by atoms with Gasteiger partial charge in [0, 0.05) is 22.7 Å². The largest absolute Gasteiger partial charge is 0.315 e. The minimum Gasteiger partial charge on any atom is -0.315 e. The van der Waals surface area contributed by atoms with Gasteiger partial charge in [0.25, 0.3) is 0 Å². The predicted octanol–water partition coefficient (Wildman–Crippen LogP) is 8.52. The van der Waals surface area contributed by atoms with E-state index in [1.165, 1.54) is 22.4 Å². The summed E-state index contributed by atoms with van der Waals surface area (Å²) < 4.78 is 16.3. The Kier molecular flexibility index (Phi) is 7.00. The highest BCUT2D eigenvalue weighted by Crippen LogP contribution is 2.70. The van der Waals surface area contributed by atoms with E-state index in [2.05, 4.69) is 107 Å². The molecule has 0 bridgehead atoms. The summed E-state index contributed by atoms with van der Waals surface area (Å²) in [5, 5.41) is -0.719. The lowest BCUT2D eigenvalue weighted by Gasteiger charge is -2.45. The average molecular weight is 431 g/mol. The van der Waals surface area contributed by atoms with E-state index < -0.39 is 7.29 Å². The van der Waals surface area contributed by atoms with Crippen molar-refractivity contribution in [3.63, 3.8) is 0 Å². The zero-order valence-electron chi connectivity index (χ0n) is 21.3. The van der Waals surface area contributed by atoms with Crippen molar-refractivity contribution in [1.82, 2.24) is 4.67 Å². The molecule has 4 heteroatoms. The van der Waals surface area contributed by atoms with Gasteiger partial charge in [-0.2, -0.15) is 0 Å². The van der Waals surface area contributed by atoms with E-state index in [0.717, 1.165) is 0 Å². The third kappa shape index (κ3) is 4.38. The quantitative estimate of drug-likeness (QED) is 0.437. The molecule has 1 aliphatic rings. The fraction of sp³-hybridized carbons (Fsp3) is 0.654. The van der Waals surface area contributed by atoms with Gasteiger partial charge in [-0.25, -0.2) is 0 Å². The van der Waals surface area contributed by atoms with Crippen LogP contribution in [0, 0.1) is 6.67 Å². The Labute approximate surface area is 186 Å². The van der Waals surface area contributed by atoms with Crippen LogP contribution in [0.4, 0.5) is 5.69 Å². The predicted molar refractivity (Wildman–Crippen MR) is 133 cm³/mol. The number of anilines is 1. The first-order valence-corrected chi connectivity index (χ1v) is 13.0. The van der Waals surface area contributed by atoms with Gasteiger partial charge in [0.2, 0.25) is 6.67 Å². The Hall–Kier alpha value is -1.21. The van der Waals surface area contributed by atoms with E-state index in [-0.39, 0.29) is 10.3 Å². The van der Waals surface area contributed by atoms with Gasteiger partial charge in [0.05, 0.1) is 5.69 Å². The number of hydrogen-bond donors (Lipinski definition) is 0. The Morgan fingerprint density at radius 1 is 0.767 bits per heavy atom. The van der Waals surface area contributed by atoms with Crippen LogP contribution < -0.4 is 4.90 Å². The van der Waals surface area contributed by atoms with Crippen molar-refractivity contribution in [3.8, 4) is 0 Å². The fourth-order valence-electron chi connectivity index (χ4n) is 4.44. The third-order valence-corrected chi connectivity index (χ3v) is 10.5.